The van der Waals surface area contributed by atoms with Crippen molar-refractivity contribution >= 4 is 0 Å². The molecule has 0 N–H and O–H groups in total. The molecule has 0 nitrogen and oxygen atoms in total. The fourth-order valence-electron chi connectivity index (χ4n) is 1.13. The highest BCUT2D eigenvalue weighted by Crippen LogP contribution is 2.28. The fraction of sp³-hybridized carbons (Fsp3) is 0.583. The Bertz CT molecular complexity index is 149. The first-order chi connectivity index (χ1) is 5.93. The third kappa shape index (κ3) is 5.17. The van der Waals surface area contributed by atoms with Crippen LogP contribution in [0.4, 0.5) is 0 Å². The van der Waals surface area contributed by atoms with Crippen molar-refractivity contribution in [3.05, 3.63) is 30.7 Å². The molecule has 0 aromatic heterocycles. The zero-order chi connectivity index (χ0) is 8.65. The van der Waals surface area contributed by atoms with E-state index in [-0.39, 0.29) is 0 Å². The van der Waals surface area contributed by atoms with E-state index in [1.54, 1.807) is 0 Å². The number of allylic oxidation sites excluding steroid dienone is 4. The van der Waals surface area contributed by atoms with Crippen molar-refractivity contribution in [2.24, 2.45) is 5.92 Å². The maximum atomic E-state index is 2.32. The first-order valence-corrected chi connectivity index (χ1v) is 5.10. The van der Waals surface area contributed by atoms with Crippen molar-refractivity contribution < 1.29 is 0 Å². The summed E-state index contributed by atoms with van der Waals surface area (Å²) < 4.78 is 0. The molecule has 1 rings (SSSR count). The first-order valence-electron chi connectivity index (χ1n) is 5.10. The summed E-state index contributed by atoms with van der Waals surface area (Å²) in [5.74, 6) is 0.797. The second kappa shape index (κ2) is 6.05. The van der Waals surface area contributed by atoms with E-state index >= 15 is 0 Å². The van der Waals surface area contributed by atoms with Gasteiger partial charge in [-0.2, -0.15) is 0 Å². The number of unbranched alkanes of at least 4 members (excludes halogenated alkanes) is 3. The Morgan fingerprint density at radius 2 is 2.17 bits per heavy atom. The van der Waals surface area contributed by atoms with Crippen LogP contribution in [-0.2, 0) is 0 Å². The van der Waals surface area contributed by atoms with Crippen LogP contribution in [0.5, 0.6) is 0 Å². The summed E-state index contributed by atoms with van der Waals surface area (Å²) in [7, 11) is 0. The minimum Gasteiger partial charge on any atom is -0.0845 e. The molecule has 1 radical (unpaired) electrons. The largest absolute Gasteiger partial charge is 0.0845 e. The summed E-state index contributed by atoms with van der Waals surface area (Å²) in [6.07, 6.45) is 17.8. The molecule has 67 valence electrons. The molecule has 1 saturated carbocycles. The summed E-state index contributed by atoms with van der Waals surface area (Å²) in [6.45, 7) is 2.24. The molecule has 1 atom stereocenters. The highest BCUT2D eigenvalue weighted by Gasteiger charge is 2.16. The molecule has 1 unspecified atom stereocenters. The third-order valence-electron chi connectivity index (χ3n) is 2.09. The van der Waals surface area contributed by atoms with Gasteiger partial charge in [-0.05, 0) is 31.6 Å². The lowest BCUT2D eigenvalue weighted by Gasteiger charge is -1.89. The second-order valence-electron chi connectivity index (χ2n) is 3.44. The second-order valence-corrected chi connectivity index (χ2v) is 3.44. The maximum absolute atomic E-state index is 2.32. The molecule has 12 heavy (non-hydrogen) atoms. The lowest BCUT2D eigenvalue weighted by atomic mass is 10.2. The van der Waals surface area contributed by atoms with Gasteiger partial charge in [-0.1, -0.05) is 44.1 Å². The van der Waals surface area contributed by atoms with Gasteiger partial charge in [0, 0.05) is 0 Å². The molecule has 0 spiro atoms. The zero-order valence-electron chi connectivity index (χ0n) is 8.00. The van der Waals surface area contributed by atoms with Crippen LogP contribution in [0, 0.1) is 12.3 Å². The summed E-state index contributed by atoms with van der Waals surface area (Å²) in [5.41, 5.74) is 0. The molecule has 0 amide bonds. The van der Waals surface area contributed by atoms with Crippen LogP contribution in [0.1, 0.15) is 39.0 Å². The molecule has 0 aromatic rings. The minimum absolute atomic E-state index is 0.797. The van der Waals surface area contributed by atoms with Gasteiger partial charge in [-0.25, -0.2) is 0 Å². The molecular weight excluding hydrogens is 144 g/mol. The average molecular weight is 163 g/mol. The molecule has 1 aliphatic carbocycles. The van der Waals surface area contributed by atoms with Crippen LogP contribution >= 0.6 is 0 Å². The Kier molecular flexibility index (Phi) is 4.82. The van der Waals surface area contributed by atoms with E-state index in [4.69, 9.17) is 0 Å². The van der Waals surface area contributed by atoms with Crippen molar-refractivity contribution in [1.29, 1.82) is 0 Å². The maximum Gasteiger partial charge on any atom is -0.0196 e. The SMILES string of the molecule is CCCCCC=CC=CC1[CH]C1. The molecule has 0 bridgehead atoms. The van der Waals surface area contributed by atoms with Gasteiger partial charge in [0.05, 0.1) is 0 Å². The van der Waals surface area contributed by atoms with Crippen molar-refractivity contribution in [2.75, 3.05) is 0 Å². The van der Waals surface area contributed by atoms with E-state index in [1.807, 2.05) is 0 Å². The Labute approximate surface area is 76.4 Å². The van der Waals surface area contributed by atoms with Crippen LogP contribution in [-0.4, -0.2) is 0 Å². The smallest absolute Gasteiger partial charge is 0.0196 e. The monoisotopic (exact) mass is 163 g/mol. The molecule has 1 fully saturated rings. The van der Waals surface area contributed by atoms with Gasteiger partial charge in [-0.3, -0.25) is 0 Å². The van der Waals surface area contributed by atoms with Crippen LogP contribution in [0.25, 0.3) is 0 Å². The van der Waals surface area contributed by atoms with Gasteiger partial charge < -0.3 is 0 Å². The summed E-state index contributed by atoms with van der Waals surface area (Å²) in [4.78, 5) is 0. The van der Waals surface area contributed by atoms with Crippen LogP contribution < -0.4 is 0 Å². The molecular formula is C12H19. The predicted molar refractivity (Wildman–Crippen MR) is 54.8 cm³/mol. The minimum atomic E-state index is 0.797. The van der Waals surface area contributed by atoms with Gasteiger partial charge >= 0.3 is 0 Å². The lowest BCUT2D eigenvalue weighted by Crippen LogP contribution is -1.69. The number of hydrogen-bond acceptors (Lipinski definition) is 0. The van der Waals surface area contributed by atoms with Gasteiger partial charge in [0.1, 0.15) is 0 Å². The Morgan fingerprint density at radius 3 is 2.83 bits per heavy atom. The zero-order valence-corrected chi connectivity index (χ0v) is 8.00. The first kappa shape index (κ1) is 9.57. The quantitative estimate of drug-likeness (QED) is 0.411. The molecule has 1 aliphatic rings. The van der Waals surface area contributed by atoms with Crippen molar-refractivity contribution in [2.45, 2.75) is 39.0 Å². The van der Waals surface area contributed by atoms with Crippen molar-refractivity contribution in [3.8, 4) is 0 Å². The normalized spacial score (nSPS) is 18.1. The van der Waals surface area contributed by atoms with E-state index in [2.05, 4.69) is 37.6 Å². The fourth-order valence-corrected chi connectivity index (χ4v) is 1.13. The van der Waals surface area contributed by atoms with Gasteiger partial charge in [0.2, 0.25) is 0 Å². The van der Waals surface area contributed by atoms with E-state index < -0.39 is 0 Å². The van der Waals surface area contributed by atoms with E-state index in [9.17, 15) is 0 Å². The highest BCUT2D eigenvalue weighted by molar-refractivity contribution is 5.13. The Balaban J connectivity index is 1.90. The van der Waals surface area contributed by atoms with Crippen LogP contribution in [0.3, 0.4) is 0 Å². The van der Waals surface area contributed by atoms with Crippen molar-refractivity contribution in [3.63, 3.8) is 0 Å². The predicted octanol–water partition coefficient (Wildman–Crippen LogP) is 3.90. The Hall–Kier alpha value is -0.520. The summed E-state index contributed by atoms with van der Waals surface area (Å²) in [5, 5.41) is 0. The van der Waals surface area contributed by atoms with Crippen LogP contribution in [0.15, 0.2) is 24.3 Å². The topological polar surface area (TPSA) is 0 Å². The van der Waals surface area contributed by atoms with Crippen LogP contribution in [0.2, 0.25) is 0 Å². The van der Waals surface area contributed by atoms with Gasteiger partial charge in [0.15, 0.2) is 0 Å². The summed E-state index contributed by atoms with van der Waals surface area (Å²) in [6, 6.07) is 0. The molecule has 0 aliphatic heterocycles. The number of rotatable bonds is 6. The standard InChI is InChI=1S/C12H19/c1-2-3-4-5-6-7-8-9-12-10-11-12/h6-10,12H,2-5,11H2,1H3. The number of hydrogen-bond donors (Lipinski definition) is 0. The summed E-state index contributed by atoms with van der Waals surface area (Å²) >= 11 is 0. The molecule has 0 aromatic carbocycles. The third-order valence-corrected chi connectivity index (χ3v) is 2.09. The van der Waals surface area contributed by atoms with E-state index in [1.165, 1.54) is 32.1 Å². The van der Waals surface area contributed by atoms with Crippen molar-refractivity contribution in [1.82, 2.24) is 0 Å². The highest BCUT2D eigenvalue weighted by atomic mass is 14.2. The van der Waals surface area contributed by atoms with Gasteiger partial charge in [-0.15, -0.1) is 0 Å². The van der Waals surface area contributed by atoms with E-state index in [0.29, 0.717) is 0 Å². The Morgan fingerprint density at radius 1 is 1.33 bits per heavy atom. The van der Waals surface area contributed by atoms with E-state index in [0.717, 1.165) is 5.92 Å². The van der Waals surface area contributed by atoms with Gasteiger partial charge in [0.25, 0.3) is 0 Å². The average Bonchev–Trinajstić information content (AvgIpc) is 2.87. The lowest BCUT2D eigenvalue weighted by molar-refractivity contribution is 0.729. The molecule has 0 heterocycles. The molecule has 0 heteroatoms. The molecule has 0 saturated heterocycles.